The molecule has 0 fully saturated rings. The Bertz CT molecular complexity index is 1120. The Labute approximate surface area is 212 Å². The van der Waals surface area contributed by atoms with Crippen LogP contribution in [0.25, 0.3) is 0 Å². The molecule has 3 aromatic carbocycles. The van der Waals surface area contributed by atoms with Crippen LogP contribution in [0.5, 0.6) is 11.5 Å². The lowest BCUT2D eigenvalue weighted by atomic mass is 10.0. The highest BCUT2D eigenvalue weighted by molar-refractivity contribution is 5.88. The minimum absolute atomic E-state index is 0.130. The van der Waals surface area contributed by atoms with Crippen molar-refractivity contribution in [2.24, 2.45) is 11.7 Å². The average Bonchev–Trinajstić information content (AvgIpc) is 2.87. The van der Waals surface area contributed by atoms with Crippen LogP contribution in [0.4, 0.5) is 0 Å². The molecule has 4 N–H and O–H groups in total. The fraction of sp³-hybridized carbons (Fsp3) is 0.310. The molecule has 2 atom stereocenters. The van der Waals surface area contributed by atoms with E-state index in [9.17, 15) is 14.7 Å². The van der Waals surface area contributed by atoms with Gasteiger partial charge in [-0.15, -0.1) is 0 Å². The van der Waals surface area contributed by atoms with Crippen molar-refractivity contribution < 1.29 is 24.2 Å². The summed E-state index contributed by atoms with van der Waals surface area (Å²) >= 11 is 0. The van der Waals surface area contributed by atoms with E-state index in [1.165, 1.54) is 0 Å². The number of rotatable bonds is 13. The summed E-state index contributed by atoms with van der Waals surface area (Å²) in [6, 6.07) is 24.0. The molecule has 36 heavy (non-hydrogen) atoms. The van der Waals surface area contributed by atoms with Gasteiger partial charge in [-0.2, -0.15) is 0 Å². The minimum atomic E-state index is -1.20. The lowest BCUT2D eigenvalue weighted by molar-refractivity contribution is -0.133. The van der Waals surface area contributed by atoms with Gasteiger partial charge >= 0.3 is 0 Å². The van der Waals surface area contributed by atoms with Crippen molar-refractivity contribution in [3.8, 4) is 11.5 Å². The molecule has 190 valence electrons. The number of carbonyl (C=O) groups excluding carboxylic acids is 2. The number of aliphatic hydroxyl groups is 1. The van der Waals surface area contributed by atoms with Gasteiger partial charge in [0.2, 0.25) is 11.8 Å². The summed E-state index contributed by atoms with van der Waals surface area (Å²) in [7, 11) is 0. The van der Waals surface area contributed by atoms with Crippen LogP contribution in [-0.4, -0.2) is 29.1 Å². The van der Waals surface area contributed by atoms with E-state index in [0.717, 1.165) is 16.7 Å². The molecule has 2 amide bonds. The van der Waals surface area contributed by atoms with Gasteiger partial charge in [0.15, 0.2) is 11.5 Å². The summed E-state index contributed by atoms with van der Waals surface area (Å²) in [6.45, 7) is 4.51. The maximum absolute atomic E-state index is 12.4. The topological polar surface area (TPSA) is 111 Å². The van der Waals surface area contributed by atoms with Gasteiger partial charge in [0, 0.05) is 6.42 Å². The fourth-order valence-electron chi connectivity index (χ4n) is 3.66. The maximum Gasteiger partial charge on any atom is 0.249 e. The summed E-state index contributed by atoms with van der Waals surface area (Å²) in [5.74, 6) is -0.0927. The van der Waals surface area contributed by atoms with Crippen molar-refractivity contribution in [3.05, 3.63) is 95.6 Å². The molecular formula is C29H34N2O5. The van der Waals surface area contributed by atoms with Crippen LogP contribution in [0.2, 0.25) is 0 Å². The second kappa shape index (κ2) is 13.3. The van der Waals surface area contributed by atoms with Crippen LogP contribution in [0, 0.1) is 5.92 Å². The van der Waals surface area contributed by atoms with E-state index < -0.39 is 24.0 Å². The second-order valence-corrected chi connectivity index (χ2v) is 9.14. The van der Waals surface area contributed by atoms with Gasteiger partial charge in [0.1, 0.15) is 25.4 Å². The molecular weight excluding hydrogens is 456 g/mol. The molecule has 0 spiro atoms. The Hall–Kier alpha value is -3.84. The highest BCUT2D eigenvalue weighted by Gasteiger charge is 2.24. The molecule has 3 rings (SSSR count). The van der Waals surface area contributed by atoms with Gasteiger partial charge in [0.25, 0.3) is 0 Å². The predicted molar refractivity (Wildman–Crippen MR) is 138 cm³/mol. The maximum atomic E-state index is 12.4. The van der Waals surface area contributed by atoms with E-state index in [4.69, 9.17) is 15.2 Å². The van der Waals surface area contributed by atoms with Crippen molar-refractivity contribution in [2.45, 2.75) is 52.0 Å². The zero-order valence-electron chi connectivity index (χ0n) is 20.7. The Morgan fingerprint density at radius 1 is 0.833 bits per heavy atom. The van der Waals surface area contributed by atoms with Gasteiger partial charge in [-0.05, 0) is 41.2 Å². The third-order valence-electron chi connectivity index (χ3n) is 5.58. The molecule has 0 radical (unpaired) electrons. The number of primary amides is 1. The number of nitrogens with two attached hydrogens (primary N) is 1. The van der Waals surface area contributed by atoms with Crippen molar-refractivity contribution in [3.63, 3.8) is 0 Å². The Kier molecular flexibility index (Phi) is 9.89. The lowest BCUT2D eigenvalue weighted by Crippen LogP contribution is -2.49. The molecule has 0 aliphatic heterocycles. The number of hydrogen-bond acceptors (Lipinski definition) is 5. The zero-order valence-corrected chi connectivity index (χ0v) is 20.7. The largest absolute Gasteiger partial charge is 0.485 e. The number of benzene rings is 3. The van der Waals surface area contributed by atoms with Crippen molar-refractivity contribution in [2.75, 3.05) is 0 Å². The van der Waals surface area contributed by atoms with Gasteiger partial charge in [-0.25, -0.2) is 0 Å². The molecule has 0 unspecified atom stereocenters. The van der Waals surface area contributed by atoms with Gasteiger partial charge in [-0.1, -0.05) is 80.6 Å². The smallest absolute Gasteiger partial charge is 0.249 e. The van der Waals surface area contributed by atoms with Crippen molar-refractivity contribution >= 4 is 11.8 Å². The highest BCUT2D eigenvalue weighted by Crippen LogP contribution is 2.30. The number of hydrogen-bond donors (Lipinski definition) is 3. The third kappa shape index (κ3) is 8.43. The van der Waals surface area contributed by atoms with Crippen LogP contribution < -0.4 is 20.5 Å². The van der Waals surface area contributed by atoms with Crippen LogP contribution in [-0.2, 0) is 29.2 Å². The van der Waals surface area contributed by atoms with Crippen LogP contribution in [0.3, 0.4) is 0 Å². The van der Waals surface area contributed by atoms with E-state index in [-0.39, 0.29) is 12.3 Å². The Balaban J connectivity index is 1.76. The van der Waals surface area contributed by atoms with Gasteiger partial charge in [0.05, 0.1) is 0 Å². The lowest BCUT2D eigenvalue weighted by Gasteiger charge is -2.20. The fourth-order valence-corrected chi connectivity index (χ4v) is 3.66. The normalized spacial score (nSPS) is 12.6. The quantitative estimate of drug-likeness (QED) is 0.338. The predicted octanol–water partition coefficient (Wildman–Crippen LogP) is 3.76. The van der Waals surface area contributed by atoms with Gasteiger partial charge in [-0.3, -0.25) is 9.59 Å². The summed E-state index contributed by atoms with van der Waals surface area (Å²) < 4.78 is 12.1. The first-order valence-corrected chi connectivity index (χ1v) is 12.1. The van der Waals surface area contributed by atoms with E-state index in [1.54, 1.807) is 12.1 Å². The van der Waals surface area contributed by atoms with E-state index in [1.807, 2.05) is 80.6 Å². The molecule has 0 bridgehead atoms. The number of ether oxygens (including phenoxy) is 2. The number of nitrogens with one attached hydrogen (secondary N) is 1. The SMILES string of the molecule is CC(C)C[C@H](O)C(=O)N[C@H](Cc1ccc(OCc2ccccc2)c(OCc2ccccc2)c1)C(N)=O. The molecule has 0 aliphatic carbocycles. The van der Waals surface area contributed by atoms with E-state index in [2.05, 4.69) is 5.32 Å². The average molecular weight is 491 g/mol. The van der Waals surface area contributed by atoms with E-state index in [0.29, 0.717) is 31.1 Å². The summed E-state index contributed by atoms with van der Waals surface area (Å²) in [6.07, 6.45) is -0.761. The van der Waals surface area contributed by atoms with Crippen LogP contribution in [0.15, 0.2) is 78.9 Å². The summed E-state index contributed by atoms with van der Waals surface area (Å²) in [5, 5.41) is 12.7. The summed E-state index contributed by atoms with van der Waals surface area (Å²) in [4.78, 5) is 24.4. The van der Waals surface area contributed by atoms with Crippen molar-refractivity contribution in [1.29, 1.82) is 0 Å². The second-order valence-electron chi connectivity index (χ2n) is 9.14. The number of amides is 2. The van der Waals surface area contributed by atoms with E-state index >= 15 is 0 Å². The minimum Gasteiger partial charge on any atom is -0.485 e. The Morgan fingerprint density at radius 2 is 1.39 bits per heavy atom. The molecule has 7 heteroatoms. The molecule has 7 nitrogen and oxygen atoms in total. The molecule has 3 aromatic rings. The molecule has 0 saturated heterocycles. The first kappa shape index (κ1) is 26.8. The number of carbonyl (C=O) groups is 2. The first-order valence-electron chi connectivity index (χ1n) is 12.1. The molecule has 0 aliphatic rings. The highest BCUT2D eigenvalue weighted by atomic mass is 16.5. The molecule has 0 aromatic heterocycles. The third-order valence-corrected chi connectivity index (χ3v) is 5.58. The molecule has 0 saturated carbocycles. The van der Waals surface area contributed by atoms with Gasteiger partial charge < -0.3 is 25.6 Å². The summed E-state index contributed by atoms with van der Waals surface area (Å²) in [5.41, 5.74) is 8.31. The zero-order chi connectivity index (χ0) is 25.9. The molecule has 0 heterocycles. The standard InChI is InChI=1S/C29H34N2O5/c1-20(2)15-25(32)29(34)31-24(28(30)33)16-23-13-14-26(35-18-21-9-5-3-6-10-21)27(17-23)36-19-22-11-7-4-8-12-22/h3-14,17,20,24-25,32H,15-16,18-19H2,1-2H3,(H2,30,33)(H,31,34)/t24-,25+/m1/s1. The van der Waals surface area contributed by atoms with Crippen molar-refractivity contribution in [1.82, 2.24) is 5.32 Å². The first-order chi connectivity index (χ1) is 17.3. The Morgan fingerprint density at radius 3 is 1.92 bits per heavy atom. The monoisotopic (exact) mass is 490 g/mol. The van der Waals surface area contributed by atoms with Crippen LogP contribution >= 0.6 is 0 Å². The van der Waals surface area contributed by atoms with Crippen LogP contribution in [0.1, 0.15) is 37.0 Å². The number of aliphatic hydroxyl groups excluding tert-OH is 1.